The Morgan fingerprint density at radius 1 is 0.733 bits per heavy atom. The highest BCUT2D eigenvalue weighted by Crippen LogP contribution is 2.45. The molecular weight excluding hydrogens is 562 g/mol. The summed E-state index contributed by atoms with van der Waals surface area (Å²) in [6.45, 7) is 4.23. The normalized spacial score (nSPS) is 11.6. The van der Waals surface area contributed by atoms with E-state index < -0.39 is 12.1 Å². The predicted octanol–water partition coefficient (Wildman–Crippen LogP) is 8.92. The molecule has 7 heteroatoms. The van der Waals surface area contributed by atoms with Crippen LogP contribution < -0.4 is 4.74 Å². The summed E-state index contributed by atoms with van der Waals surface area (Å²) in [6.07, 6.45) is 8.81. The number of esters is 1. The Hall–Kier alpha value is -5.04. The fourth-order valence-corrected chi connectivity index (χ4v) is 5.34. The molecular formula is C38H39N3O4. The minimum atomic E-state index is -0.817. The zero-order valence-corrected chi connectivity index (χ0v) is 25.9. The molecule has 1 unspecified atom stereocenters. The molecule has 45 heavy (non-hydrogen) atoms. The van der Waals surface area contributed by atoms with Gasteiger partial charge in [0.05, 0.1) is 6.61 Å². The lowest BCUT2D eigenvalue weighted by Crippen LogP contribution is -2.26. The molecule has 4 aromatic carbocycles. The molecule has 7 nitrogen and oxygen atoms in total. The Kier molecular flexibility index (Phi) is 10.9. The molecule has 5 rings (SSSR count). The van der Waals surface area contributed by atoms with E-state index in [1.54, 1.807) is 19.1 Å². The number of nitrogens with zero attached hydrogens (tertiary/aromatic N) is 3. The fraction of sp³-hybridized carbons (Fsp3) is 0.263. The zero-order valence-electron chi connectivity index (χ0n) is 25.9. The summed E-state index contributed by atoms with van der Waals surface area (Å²) in [6, 6.07) is 29.4. The van der Waals surface area contributed by atoms with Crippen molar-refractivity contribution in [2.24, 2.45) is 0 Å². The molecule has 0 amide bonds. The van der Waals surface area contributed by atoms with Gasteiger partial charge in [-0.3, -0.25) is 0 Å². The molecule has 1 atom stereocenters. The molecule has 0 aliphatic heterocycles. The number of unbranched alkanes of at least 4 members (excludes halogenated alkanes) is 5. The minimum absolute atomic E-state index is 0.000300. The lowest BCUT2D eigenvalue weighted by atomic mass is 9.87. The highest BCUT2D eigenvalue weighted by atomic mass is 16.6. The number of hydrogen-bond acceptors (Lipinski definition) is 7. The summed E-state index contributed by atoms with van der Waals surface area (Å²) in [5, 5.41) is 11.4. The number of carbonyl (C=O) groups excluding carboxylic acids is 1. The largest absolute Gasteiger partial charge is 0.507 e. The first-order valence-corrected chi connectivity index (χ1v) is 15.6. The van der Waals surface area contributed by atoms with E-state index in [2.05, 4.69) is 40.1 Å². The molecule has 0 radical (unpaired) electrons. The standard InChI is InChI=1S/C38H39N3O4/c1-3-4-5-6-7-14-21-44-38(43)27(2)45-31-19-20-32(35(42)24-31)34-23-30(28-15-10-8-11-16-28)22-33(29-17-12-9-13-18-29)36(34)37-40-25-39-26-41-37/h8-13,15-20,22-27,42H,3-7,14,21H2,1-2H3. The van der Waals surface area contributed by atoms with Crippen molar-refractivity contribution in [3.63, 3.8) is 0 Å². The van der Waals surface area contributed by atoms with Crippen LogP contribution in [0.4, 0.5) is 0 Å². The van der Waals surface area contributed by atoms with Gasteiger partial charge in [0.15, 0.2) is 11.9 Å². The lowest BCUT2D eigenvalue weighted by Gasteiger charge is -2.19. The second kappa shape index (κ2) is 15.6. The Balaban J connectivity index is 1.46. The van der Waals surface area contributed by atoms with Gasteiger partial charge in [-0.15, -0.1) is 0 Å². The molecule has 1 aromatic heterocycles. The van der Waals surface area contributed by atoms with E-state index in [-0.39, 0.29) is 5.75 Å². The number of aromatic hydroxyl groups is 1. The molecule has 0 spiro atoms. The maximum absolute atomic E-state index is 12.6. The second-order valence-electron chi connectivity index (χ2n) is 11.0. The summed E-state index contributed by atoms with van der Waals surface area (Å²) in [4.78, 5) is 25.6. The van der Waals surface area contributed by atoms with E-state index in [9.17, 15) is 9.90 Å². The number of aromatic nitrogens is 3. The molecule has 0 bridgehead atoms. The molecule has 1 N–H and O–H groups in total. The number of ether oxygens (including phenoxy) is 2. The fourth-order valence-electron chi connectivity index (χ4n) is 5.34. The van der Waals surface area contributed by atoms with Crippen molar-refractivity contribution in [3.05, 3.63) is 104 Å². The number of phenolic OH excluding ortho intramolecular Hbond substituents is 1. The molecule has 230 valence electrons. The zero-order chi connectivity index (χ0) is 31.4. The van der Waals surface area contributed by atoms with Crippen molar-refractivity contribution in [2.45, 2.75) is 58.5 Å². The molecule has 0 saturated carbocycles. The number of rotatable bonds is 14. The number of phenols is 1. The van der Waals surface area contributed by atoms with Crippen LogP contribution >= 0.6 is 0 Å². The number of carbonyl (C=O) groups is 1. The van der Waals surface area contributed by atoms with Gasteiger partial charge in [0.2, 0.25) is 0 Å². The Morgan fingerprint density at radius 2 is 1.38 bits per heavy atom. The molecule has 5 aromatic rings. The summed E-state index contributed by atoms with van der Waals surface area (Å²) < 4.78 is 11.3. The van der Waals surface area contributed by atoms with Crippen molar-refractivity contribution >= 4 is 5.97 Å². The van der Waals surface area contributed by atoms with Crippen LogP contribution in [-0.4, -0.2) is 38.7 Å². The van der Waals surface area contributed by atoms with E-state index in [4.69, 9.17) is 9.47 Å². The van der Waals surface area contributed by atoms with Crippen LogP contribution in [0.2, 0.25) is 0 Å². The van der Waals surface area contributed by atoms with Gasteiger partial charge in [0.1, 0.15) is 24.2 Å². The third kappa shape index (κ3) is 8.12. The van der Waals surface area contributed by atoms with E-state index in [0.717, 1.165) is 52.6 Å². The predicted molar refractivity (Wildman–Crippen MR) is 178 cm³/mol. The van der Waals surface area contributed by atoms with E-state index in [1.807, 2.05) is 54.6 Å². The molecule has 1 heterocycles. The van der Waals surface area contributed by atoms with Crippen LogP contribution in [-0.2, 0) is 9.53 Å². The Bertz CT molecular complexity index is 1680. The summed E-state index contributed by atoms with van der Waals surface area (Å²) in [7, 11) is 0. The topological polar surface area (TPSA) is 94.4 Å². The maximum Gasteiger partial charge on any atom is 0.347 e. The number of benzene rings is 4. The monoisotopic (exact) mass is 601 g/mol. The van der Waals surface area contributed by atoms with Crippen LogP contribution in [0, 0.1) is 0 Å². The molecule has 0 aliphatic carbocycles. The average Bonchev–Trinajstić information content (AvgIpc) is 3.08. The van der Waals surface area contributed by atoms with Crippen LogP contribution in [0.3, 0.4) is 0 Å². The van der Waals surface area contributed by atoms with E-state index in [0.29, 0.717) is 23.7 Å². The van der Waals surface area contributed by atoms with Crippen LogP contribution in [0.1, 0.15) is 52.4 Å². The van der Waals surface area contributed by atoms with Gasteiger partial charge in [0.25, 0.3) is 0 Å². The first-order chi connectivity index (χ1) is 22.0. The van der Waals surface area contributed by atoms with E-state index in [1.165, 1.54) is 38.0 Å². The Labute approximate surface area is 265 Å². The highest BCUT2D eigenvalue weighted by molar-refractivity contribution is 5.97. The van der Waals surface area contributed by atoms with Gasteiger partial charge in [-0.05, 0) is 65.4 Å². The number of hydrogen-bond donors (Lipinski definition) is 1. The van der Waals surface area contributed by atoms with E-state index >= 15 is 0 Å². The second-order valence-corrected chi connectivity index (χ2v) is 11.0. The minimum Gasteiger partial charge on any atom is -0.507 e. The first-order valence-electron chi connectivity index (χ1n) is 15.6. The average molecular weight is 602 g/mol. The highest BCUT2D eigenvalue weighted by Gasteiger charge is 2.22. The Morgan fingerprint density at radius 3 is 2.07 bits per heavy atom. The van der Waals surface area contributed by atoms with Crippen molar-refractivity contribution in [3.8, 4) is 56.3 Å². The van der Waals surface area contributed by atoms with Crippen LogP contribution in [0.5, 0.6) is 11.5 Å². The van der Waals surface area contributed by atoms with Crippen LogP contribution in [0.25, 0.3) is 44.8 Å². The molecule has 0 fully saturated rings. The molecule has 0 aliphatic rings. The van der Waals surface area contributed by atoms with Crippen molar-refractivity contribution < 1.29 is 19.4 Å². The SMILES string of the molecule is CCCCCCCCOC(=O)C(C)Oc1ccc(-c2cc(-c3ccccc3)cc(-c3ccccc3)c2-c2ncncn2)c(O)c1. The van der Waals surface area contributed by atoms with Crippen LogP contribution in [0.15, 0.2) is 104 Å². The van der Waals surface area contributed by atoms with Gasteiger partial charge in [-0.1, -0.05) is 99.7 Å². The van der Waals surface area contributed by atoms with Crippen molar-refractivity contribution in [1.29, 1.82) is 0 Å². The molecule has 0 saturated heterocycles. The summed E-state index contributed by atoms with van der Waals surface area (Å²) in [5.74, 6) is 0.427. The summed E-state index contributed by atoms with van der Waals surface area (Å²) in [5.41, 5.74) is 6.00. The van der Waals surface area contributed by atoms with Gasteiger partial charge in [-0.25, -0.2) is 19.7 Å². The lowest BCUT2D eigenvalue weighted by molar-refractivity contribution is -0.151. The van der Waals surface area contributed by atoms with Gasteiger partial charge in [0, 0.05) is 17.2 Å². The van der Waals surface area contributed by atoms with Gasteiger partial charge < -0.3 is 14.6 Å². The van der Waals surface area contributed by atoms with Crippen molar-refractivity contribution in [2.75, 3.05) is 6.61 Å². The third-order valence-corrected chi connectivity index (χ3v) is 7.69. The maximum atomic E-state index is 12.6. The van der Waals surface area contributed by atoms with Crippen molar-refractivity contribution in [1.82, 2.24) is 15.0 Å². The summed E-state index contributed by atoms with van der Waals surface area (Å²) >= 11 is 0. The quantitative estimate of drug-likeness (QED) is 0.100. The van der Waals surface area contributed by atoms with Gasteiger partial charge >= 0.3 is 5.97 Å². The third-order valence-electron chi connectivity index (χ3n) is 7.69. The first kappa shape index (κ1) is 31.4. The smallest absolute Gasteiger partial charge is 0.347 e. The van der Waals surface area contributed by atoms with Gasteiger partial charge in [-0.2, -0.15) is 0 Å².